The summed E-state index contributed by atoms with van der Waals surface area (Å²) in [4.78, 5) is 0. The number of phenols is 5. The number of nitrogens with zero attached hydrogens (tertiary/aromatic N) is 2. The van der Waals surface area contributed by atoms with Crippen LogP contribution in [0.3, 0.4) is 0 Å². The zero-order valence-electron chi connectivity index (χ0n) is 29.2. The van der Waals surface area contributed by atoms with Gasteiger partial charge in [-0.05, 0) is 88.0 Å². The van der Waals surface area contributed by atoms with Crippen molar-refractivity contribution in [3.63, 3.8) is 0 Å². The van der Waals surface area contributed by atoms with E-state index < -0.39 is 28.7 Å². The maximum absolute atomic E-state index is 10.9. The Morgan fingerprint density at radius 3 is 1.18 bits per heavy atom. The number of fused-ring (bicyclic) bond motifs is 6. The molecule has 0 radical (unpaired) electrons. The maximum atomic E-state index is 10.9. The van der Waals surface area contributed by atoms with Crippen LogP contribution in [0.5, 0.6) is 28.7 Å². The average Bonchev–Trinajstić information content (AvgIpc) is 3.75. The Kier molecular flexibility index (Phi) is 7.12. The Hall–Kier alpha value is -7.64. The summed E-state index contributed by atoms with van der Waals surface area (Å²) in [7, 11) is 0. The molecule has 0 aliphatic heterocycles. The van der Waals surface area contributed by atoms with Gasteiger partial charge in [-0.1, -0.05) is 109 Å². The van der Waals surface area contributed by atoms with Crippen molar-refractivity contribution in [1.29, 1.82) is 0 Å². The third-order valence-corrected chi connectivity index (χ3v) is 10.6. The highest BCUT2D eigenvalue weighted by Gasteiger charge is 2.27. The van der Waals surface area contributed by atoms with E-state index in [1.54, 1.807) is 4.57 Å². The molecule has 2 aromatic heterocycles. The number of para-hydroxylation sites is 2. The predicted octanol–water partition coefficient (Wildman–Crippen LogP) is 11.4. The van der Waals surface area contributed by atoms with Gasteiger partial charge in [-0.3, -0.25) is 0 Å². The molecule has 0 aliphatic rings. The number of aromatic hydroxyl groups is 5. The van der Waals surface area contributed by atoms with Crippen LogP contribution in [0, 0.1) is 0 Å². The van der Waals surface area contributed by atoms with Crippen LogP contribution >= 0.6 is 0 Å². The van der Waals surface area contributed by atoms with Gasteiger partial charge in [0.15, 0.2) is 11.5 Å². The predicted molar refractivity (Wildman–Crippen MR) is 220 cm³/mol. The number of hydrogen-bond acceptors (Lipinski definition) is 5. The minimum Gasteiger partial charge on any atom is -0.503 e. The zero-order chi connectivity index (χ0) is 37.4. The molecule has 0 unspecified atom stereocenters. The van der Waals surface area contributed by atoms with Gasteiger partial charge in [0, 0.05) is 27.2 Å². The topological polar surface area (TPSA) is 111 Å². The molecule has 0 spiro atoms. The van der Waals surface area contributed by atoms with Crippen molar-refractivity contribution in [1.82, 2.24) is 9.13 Å². The highest BCUT2D eigenvalue weighted by Crippen LogP contribution is 2.54. The minimum absolute atomic E-state index is 0.243. The molecule has 0 atom stereocenters. The van der Waals surface area contributed by atoms with Gasteiger partial charge in [-0.25, -0.2) is 0 Å². The van der Waals surface area contributed by atoms with Crippen LogP contribution in [0.1, 0.15) is 0 Å². The molecule has 0 aliphatic carbocycles. The van der Waals surface area contributed by atoms with Gasteiger partial charge in [0.25, 0.3) is 0 Å². The lowest BCUT2D eigenvalue weighted by Crippen LogP contribution is -1.96. The standard InChI is InChI=1S/C48H32N2O5/c51-44-43(45(52)47(54)48(55)46(44)53)50-40-18-10-8-16-36(40)38-27-31(20-22-42(38)50)30-19-21-41-37(26-30)35-15-7-9-17-39(35)49(41)34-24-32(28-11-3-1-4-12-28)23-33(25-34)29-13-5-2-6-14-29/h1-27,51-55H. The fourth-order valence-corrected chi connectivity index (χ4v) is 8.04. The van der Waals surface area contributed by atoms with E-state index in [-0.39, 0.29) is 5.69 Å². The summed E-state index contributed by atoms with van der Waals surface area (Å²) in [6.45, 7) is 0. The third-order valence-electron chi connectivity index (χ3n) is 10.6. The Morgan fingerprint density at radius 2 is 0.673 bits per heavy atom. The molecule has 0 fully saturated rings. The van der Waals surface area contributed by atoms with E-state index in [2.05, 4.69) is 120 Å². The highest BCUT2D eigenvalue weighted by molar-refractivity contribution is 6.13. The Balaban J connectivity index is 1.17. The maximum Gasteiger partial charge on any atom is 0.208 e. The molecule has 0 saturated heterocycles. The molecule has 10 rings (SSSR count). The summed E-state index contributed by atoms with van der Waals surface area (Å²) in [5, 5.41) is 56.6. The zero-order valence-corrected chi connectivity index (χ0v) is 29.2. The van der Waals surface area contributed by atoms with E-state index in [1.165, 1.54) is 0 Å². The van der Waals surface area contributed by atoms with E-state index in [9.17, 15) is 25.5 Å². The molecule has 7 nitrogen and oxygen atoms in total. The van der Waals surface area contributed by atoms with E-state index in [4.69, 9.17) is 0 Å². The molecule has 5 N–H and O–H groups in total. The van der Waals surface area contributed by atoms with E-state index >= 15 is 0 Å². The molecule has 2 heterocycles. The summed E-state index contributed by atoms with van der Waals surface area (Å²) in [6, 6.07) is 56.1. The summed E-state index contributed by atoms with van der Waals surface area (Å²) in [5.41, 5.74) is 10.7. The van der Waals surface area contributed by atoms with Crippen LogP contribution in [-0.2, 0) is 0 Å². The van der Waals surface area contributed by atoms with E-state index in [0.29, 0.717) is 11.0 Å². The van der Waals surface area contributed by atoms with Gasteiger partial charge in [0.1, 0.15) is 5.69 Å². The van der Waals surface area contributed by atoms with E-state index in [1.807, 2.05) is 48.5 Å². The van der Waals surface area contributed by atoms with Crippen LogP contribution in [0.15, 0.2) is 164 Å². The second-order valence-corrected chi connectivity index (χ2v) is 13.8. The molecule has 7 heteroatoms. The van der Waals surface area contributed by atoms with Crippen molar-refractivity contribution in [2.24, 2.45) is 0 Å². The molecule has 55 heavy (non-hydrogen) atoms. The Labute approximate surface area is 314 Å². The Bertz CT molecular complexity index is 3060. The van der Waals surface area contributed by atoms with Gasteiger partial charge in [0.05, 0.1) is 22.1 Å². The number of phenolic OH excluding ortho intramolecular Hbond substituents is 5. The summed E-state index contributed by atoms with van der Waals surface area (Å²) in [6.07, 6.45) is 0. The average molecular weight is 717 g/mol. The lowest BCUT2D eigenvalue weighted by molar-refractivity contribution is 0.327. The lowest BCUT2D eigenvalue weighted by atomic mass is 9.98. The quantitative estimate of drug-likeness (QED) is 0.0899. The van der Waals surface area contributed by atoms with Crippen LogP contribution in [-0.4, -0.2) is 34.7 Å². The normalized spacial score (nSPS) is 11.6. The van der Waals surface area contributed by atoms with Crippen molar-refractivity contribution >= 4 is 43.6 Å². The number of aromatic nitrogens is 2. The van der Waals surface area contributed by atoms with Crippen LogP contribution < -0.4 is 0 Å². The minimum atomic E-state index is -1.00. The largest absolute Gasteiger partial charge is 0.503 e. The highest BCUT2D eigenvalue weighted by atomic mass is 16.4. The van der Waals surface area contributed by atoms with Crippen molar-refractivity contribution in [3.8, 4) is 73.5 Å². The first-order valence-corrected chi connectivity index (χ1v) is 17.9. The molecule has 0 amide bonds. The summed E-state index contributed by atoms with van der Waals surface area (Å²) < 4.78 is 3.91. The van der Waals surface area contributed by atoms with Crippen molar-refractivity contribution < 1.29 is 25.5 Å². The first-order valence-electron chi connectivity index (χ1n) is 17.9. The fraction of sp³-hybridized carbons (Fsp3) is 0. The van der Waals surface area contributed by atoms with Crippen molar-refractivity contribution in [2.45, 2.75) is 0 Å². The first kappa shape index (κ1) is 32.0. The number of hydrogen-bond donors (Lipinski definition) is 5. The molecular weight excluding hydrogens is 685 g/mol. The summed E-state index contributed by atoms with van der Waals surface area (Å²) in [5.74, 6) is -4.37. The lowest BCUT2D eigenvalue weighted by Gasteiger charge is -2.15. The monoisotopic (exact) mass is 716 g/mol. The molecule has 264 valence electrons. The smallest absolute Gasteiger partial charge is 0.208 e. The van der Waals surface area contributed by atoms with Crippen molar-refractivity contribution in [3.05, 3.63) is 164 Å². The van der Waals surface area contributed by atoms with Gasteiger partial charge < -0.3 is 34.7 Å². The second-order valence-electron chi connectivity index (χ2n) is 13.8. The molecule has 0 bridgehead atoms. The molecule has 8 aromatic carbocycles. The van der Waals surface area contributed by atoms with Gasteiger partial charge in [-0.2, -0.15) is 0 Å². The van der Waals surface area contributed by atoms with Gasteiger partial charge >= 0.3 is 0 Å². The fourth-order valence-electron chi connectivity index (χ4n) is 8.04. The Morgan fingerprint density at radius 1 is 0.273 bits per heavy atom. The van der Waals surface area contributed by atoms with Crippen LogP contribution in [0.4, 0.5) is 0 Å². The summed E-state index contributed by atoms with van der Waals surface area (Å²) >= 11 is 0. The second kappa shape index (κ2) is 12.2. The number of rotatable bonds is 5. The third kappa shape index (κ3) is 4.91. The van der Waals surface area contributed by atoms with E-state index in [0.717, 1.165) is 71.6 Å². The van der Waals surface area contributed by atoms with Crippen LogP contribution in [0.2, 0.25) is 0 Å². The van der Waals surface area contributed by atoms with Crippen molar-refractivity contribution in [2.75, 3.05) is 0 Å². The van der Waals surface area contributed by atoms with Gasteiger partial charge in [0.2, 0.25) is 17.2 Å². The molecular formula is C48H32N2O5. The molecule has 0 saturated carbocycles. The number of benzene rings is 8. The SMILES string of the molecule is Oc1c(O)c(O)c(-n2c3ccccc3c3cc(-c4ccc5c(c4)c4ccccc4n5-c4cc(-c5ccccc5)cc(-c5ccccc5)c4)ccc32)c(O)c1O. The first-order chi connectivity index (χ1) is 26.9. The molecule has 10 aromatic rings. The van der Waals surface area contributed by atoms with Gasteiger partial charge in [-0.15, -0.1) is 0 Å². The van der Waals surface area contributed by atoms with Crippen LogP contribution in [0.25, 0.3) is 88.4 Å².